The van der Waals surface area contributed by atoms with Crippen molar-refractivity contribution in [2.45, 2.75) is 38.6 Å². The van der Waals surface area contributed by atoms with E-state index in [0.717, 1.165) is 21.7 Å². The van der Waals surface area contributed by atoms with Gasteiger partial charge in [-0.3, -0.25) is 0 Å². The molecule has 0 radical (unpaired) electrons. The summed E-state index contributed by atoms with van der Waals surface area (Å²) in [4.78, 5) is 0. The Morgan fingerprint density at radius 1 is 1.31 bits per heavy atom. The first-order valence-electron chi connectivity index (χ1n) is 5.92. The maximum atomic E-state index is 6.14. The summed E-state index contributed by atoms with van der Waals surface area (Å²) in [5.41, 5.74) is 0.972. The second-order valence-electron chi connectivity index (χ2n) is 4.47. The molecular weight excluding hydrogens is 241 g/mol. The van der Waals surface area contributed by atoms with E-state index in [9.17, 15) is 0 Å². The zero-order valence-corrected chi connectivity index (χ0v) is 11.0. The van der Waals surface area contributed by atoms with E-state index in [4.69, 9.17) is 23.2 Å². The quantitative estimate of drug-likeness (QED) is 0.805. The van der Waals surface area contributed by atoms with Crippen molar-refractivity contribution in [2.24, 2.45) is 5.92 Å². The van der Waals surface area contributed by atoms with Crippen molar-refractivity contribution in [2.75, 3.05) is 5.32 Å². The fourth-order valence-electron chi connectivity index (χ4n) is 2.52. The second kappa shape index (κ2) is 5.29. The highest BCUT2D eigenvalue weighted by Crippen LogP contribution is 2.33. The normalized spacial score (nSPS) is 24.7. The Hall–Kier alpha value is -0.400. The third-order valence-electron chi connectivity index (χ3n) is 3.45. The molecular formula is C13H17Cl2N. The van der Waals surface area contributed by atoms with Crippen molar-refractivity contribution in [1.29, 1.82) is 0 Å². The van der Waals surface area contributed by atoms with Crippen molar-refractivity contribution in [3.05, 3.63) is 28.2 Å². The van der Waals surface area contributed by atoms with Gasteiger partial charge in [-0.25, -0.2) is 0 Å². The van der Waals surface area contributed by atoms with E-state index in [-0.39, 0.29) is 0 Å². The molecule has 88 valence electrons. The van der Waals surface area contributed by atoms with Crippen molar-refractivity contribution in [3.63, 3.8) is 0 Å². The Balaban J connectivity index is 2.11. The number of rotatable bonds is 3. The van der Waals surface area contributed by atoms with E-state index in [1.807, 2.05) is 18.2 Å². The molecule has 16 heavy (non-hydrogen) atoms. The maximum Gasteiger partial charge on any atom is 0.0638 e. The van der Waals surface area contributed by atoms with E-state index < -0.39 is 0 Å². The summed E-state index contributed by atoms with van der Waals surface area (Å²) in [6.45, 7) is 2.25. The molecule has 3 heteroatoms. The molecule has 1 aromatic rings. The fourth-order valence-corrected chi connectivity index (χ4v) is 2.87. The molecule has 0 bridgehead atoms. The molecule has 1 N–H and O–H groups in total. The molecule has 1 nitrogen and oxygen atoms in total. The number of anilines is 1. The minimum absolute atomic E-state index is 0.556. The lowest BCUT2D eigenvalue weighted by molar-refractivity contribution is 0.489. The van der Waals surface area contributed by atoms with E-state index in [0.29, 0.717) is 6.04 Å². The van der Waals surface area contributed by atoms with Gasteiger partial charge in [0.2, 0.25) is 0 Å². The first-order chi connectivity index (χ1) is 7.70. The van der Waals surface area contributed by atoms with E-state index in [1.54, 1.807) is 0 Å². The molecule has 1 aliphatic rings. The van der Waals surface area contributed by atoms with Gasteiger partial charge in [0.05, 0.1) is 10.7 Å². The number of hydrogen-bond acceptors (Lipinski definition) is 1. The Morgan fingerprint density at radius 3 is 2.88 bits per heavy atom. The van der Waals surface area contributed by atoms with Crippen molar-refractivity contribution in [1.82, 2.24) is 0 Å². The van der Waals surface area contributed by atoms with Gasteiger partial charge in [0.15, 0.2) is 0 Å². The van der Waals surface area contributed by atoms with Crippen LogP contribution in [0.4, 0.5) is 5.69 Å². The van der Waals surface area contributed by atoms with Crippen LogP contribution >= 0.6 is 23.2 Å². The predicted molar refractivity (Wildman–Crippen MR) is 71.5 cm³/mol. The minimum Gasteiger partial charge on any atom is -0.381 e. The van der Waals surface area contributed by atoms with Crippen LogP contribution in [0.3, 0.4) is 0 Å². The smallest absolute Gasteiger partial charge is 0.0638 e. The highest BCUT2D eigenvalue weighted by Gasteiger charge is 2.25. The van der Waals surface area contributed by atoms with Crippen LogP contribution in [0.2, 0.25) is 10.0 Å². The zero-order valence-electron chi connectivity index (χ0n) is 9.47. The molecule has 0 amide bonds. The van der Waals surface area contributed by atoms with Gasteiger partial charge in [-0.2, -0.15) is 0 Å². The van der Waals surface area contributed by atoms with Crippen LogP contribution in [-0.4, -0.2) is 6.04 Å². The van der Waals surface area contributed by atoms with E-state index >= 15 is 0 Å². The summed E-state index contributed by atoms with van der Waals surface area (Å²) in [5, 5.41) is 5.02. The van der Waals surface area contributed by atoms with Crippen molar-refractivity contribution in [3.8, 4) is 0 Å². The molecule has 1 aliphatic carbocycles. The van der Waals surface area contributed by atoms with Gasteiger partial charge in [0.1, 0.15) is 0 Å². The Morgan fingerprint density at radius 2 is 2.12 bits per heavy atom. The van der Waals surface area contributed by atoms with Crippen LogP contribution in [0, 0.1) is 5.92 Å². The summed E-state index contributed by atoms with van der Waals surface area (Å²) in [7, 11) is 0. The Kier molecular flexibility index (Phi) is 3.99. The first kappa shape index (κ1) is 12.1. The van der Waals surface area contributed by atoms with Gasteiger partial charge < -0.3 is 5.32 Å². The molecule has 2 rings (SSSR count). The molecule has 0 aliphatic heterocycles. The SMILES string of the molecule is CCC1CCCC1Nc1cc(Cl)ccc1Cl. The average molecular weight is 258 g/mol. The average Bonchev–Trinajstić information content (AvgIpc) is 2.71. The standard InChI is InChI=1S/C13H17Cl2N/c1-2-9-4-3-5-12(9)16-13-8-10(14)6-7-11(13)15/h6-9,12,16H,2-5H2,1H3. The lowest BCUT2D eigenvalue weighted by Gasteiger charge is -2.21. The van der Waals surface area contributed by atoms with E-state index in [2.05, 4.69) is 12.2 Å². The first-order valence-corrected chi connectivity index (χ1v) is 6.68. The number of halogens is 2. The van der Waals surface area contributed by atoms with Gasteiger partial charge in [-0.05, 0) is 37.0 Å². The number of hydrogen-bond donors (Lipinski definition) is 1. The maximum absolute atomic E-state index is 6.14. The van der Waals surface area contributed by atoms with Gasteiger partial charge in [-0.1, -0.05) is 43.0 Å². The third-order valence-corrected chi connectivity index (χ3v) is 4.02. The number of nitrogens with one attached hydrogen (secondary N) is 1. The molecule has 2 unspecified atom stereocenters. The van der Waals surface area contributed by atoms with Crippen LogP contribution in [0.1, 0.15) is 32.6 Å². The third kappa shape index (κ3) is 2.64. The molecule has 1 fully saturated rings. The largest absolute Gasteiger partial charge is 0.381 e. The van der Waals surface area contributed by atoms with Gasteiger partial charge in [0.25, 0.3) is 0 Å². The van der Waals surface area contributed by atoms with Crippen molar-refractivity contribution >= 4 is 28.9 Å². The van der Waals surface area contributed by atoms with Gasteiger partial charge in [0, 0.05) is 11.1 Å². The number of benzene rings is 1. The summed E-state index contributed by atoms with van der Waals surface area (Å²) in [6.07, 6.45) is 5.11. The predicted octanol–water partition coefficient (Wildman–Crippen LogP) is 4.98. The second-order valence-corrected chi connectivity index (χ2v) is 5.32. The molecule has 0 spiro atoms. The molecule has 0 saturated heterocycles. The van der Waals surface area contributed by atoms with Gasteiger partial charge in [-0.15, -0.1) is 0 Å². The molecule has 2 atom stereocenters. The lowest BCUT2D eigenvalue weighted by Crippen LogP contribution is -2.23. The molecule has 1 aromatic carbocycles. The highest BCUT2D eigenvalue weighted by atomic mass is 35.5. The molecule has 1 saturated carbocycles. The Bertz CT molecular complexity index is 365. The monoisotopic (exact) mass is 257 g/mol. The van der Waals surface area contributed by atoms with Crippen LogP contribution in [-0.2, 0) is 0 Å². The summed E-state index contributed by atoms with van der Waals surface area (Å²) in [5.74, 6) is 0.773. The van der Waals surface area contributed by atoms with Crippen LogP contribution in [0.15, 0.2) is 18.2 Å². The highest BCUT2D eigenvalue weighted by molar-refractivity contribution is 6.35. The molecule has 0 heterocycles. The van der Waals surface area contributed by atoms with Crippen molar-refractivity contribution < 1.29 is 0 Å². The minimum atomic E-state index is 0.556. The van der Waals surface area contributed by atoms with Crippen LogP contribution in [0.5, 0.6) is 0 Å². The van der Waals surface area contributed by atoms with Crippen LogP contribution in [0.25, 0.3) is 0 Å². The summed E-state index contributed by atoms with van der Waals surface area (Å²) < 4.78 is 0. The van der Waals surface area contributed by atoms with Gasteiger partial charge >= 0.3 is 0 Å². The fraction of sp³-hybridized carbons (Fsp3) is 0.538. The van der Waals surface area contributed by atoms with Crippen LogP contribution < -0.4 is 5.32 Å². The summed E-state index contributed by atoms with van der Waals surface area (Å²) >= 11 is 12.1. The zero-order chi connectivity index (χ0) is 11.5. The lowest BCUT2D eigenvalue weighted by atomic mass is 10.0. The molecule has 0 aromatic heterocycles. The van der Waals surface area contributed by atoms with E-state index in [1.165, 1.54) is 25.7 Å². The topological polar surface area (TPSA) is 12.0 Å². The Labute approximate surface area is 107 Å². The summed E-state index contributed by atoms with van der Waals surface area (Å²) in [6, 6.07) is 6.14.